The predicted molar refractivity (Wildman–Crippen MR) is 98.4 cm³/mol. The van der Waals surface area contributed by atoms with Gasteiger partial charge >= 0.3 is 5.97 Å². The number of amides is 1. The molecule has 0 spiro atoms. The highest BCUT2D eigenvalue weighted by Crippen LogP contribution is 2.23. The predicted octanol–water partition coefficient (Wildman–Crippen LogP) is 1.96. The second-order valence-corrected chi connectivity index (χ2v) is 6.45. The third-order valence-corrected chi connectivity index (χ3v) is 4.66. The third-order valence-electron chi connectivity index (χ3n) is 4.66. The summed E-state index contributed by atoms with van der Waals surface area (Å²) >= 11 is 0. The molecule has 0 bridgehead atoms. The molecule has 3 atom stereocenters. The molecule has 2 N–H and O–H groups in total. The van der Waals surface area contributed by atoms with Crippen LogP contribution in [0.4, 0.5) is 5.95 Å². The van der Waals surface area contributed by atoms with Gasteiger partial charge in [-0.15, -0.1) is 0 Å². The van der Waals surface area contributed by atoms with E-state index in [1.54, 1.807) is 0 Å². The number of carboxylic acids is 1. The number of hydrogen-bond donors (Lipinski definition) is 2. The minimum Gasteiger partial charge on any atom is -0.480 e. The summed E-state index contributed by atoms with van der Waals surface area (Å²) in [7, 11) is 1.51. The quantitative estimate of drug-likeness (QED) is 0.801. The first-order valence-corrected chi connectivity index (χ1v) is 8.70. The Bertz CT molecular complexity index is 814. The SMILES string of the molecule is CO[C@@H]1C[C@@H](C(=O)O)N(C(=O)c2ccnc(N[C@@H](C)c3ccccc3)n2)C1. The minimum atomic E-state index is -1.05. The van der Waals surface area contributed by atoms with Crippen LogP contribution in [0.1, 0.15) is 35.4 Å². The zero-order chi connectivity index (χ0) is 19.4. The molecule has 2 heterocycles. The monoisotopic (exact) mass is 370 g/mol. The van der Waals surface area contributed by atoms with Crippen LogP contribution >= 0.6 is 0 Å². The van der Waals surface area contributed by atoms with Crippen LogP contribution in [0.2, 0.25) is 0 Å². The van der Waals surface area contributed by atoms with Gasteiger partial charge in [0, 0.05) is 26.3 Å². The van der Waals surface area contributed by atoms with Crippen molar-refractivity contribution in [3.05, 3.63) is 53.9 Å². The topological polar surface area (TPSA) is 105 Å². The van der Waals surface area contributed by atoms with E-state index in [-0.39, 0.29) is 30.8 Å². The number of carboxylic acid groups (broad SMARTS) is 1. The lowest BCUT2D eigenvalue weighted by Crippen LogP contribution is -2.41. The van der Waals surface area contributed by atoms with Gasteiger partial charge < -0.3 is 20.1 Å². The van der Waals surface area contributed by atoms with Crippen molar-refractivity contribution < 1.29 is 19.4 Å². The molecule has 2 aromatic rings. The van der Waals surface area contributed by atoms with Gasteiger partial charge in [0.05, 0.1) is 12.1 Å². The molecule has 0 radical (unpaired) electrons. The Morgan fingerprint density at radius 3 is 2.70 bits per heavy atom. The van der Waals surface area contributed by atoms with E-state index in [4.69, 9.17) is 4.74 Å². The molecule has 142 valence electrons. The smallest absolute Gasteiger partial charge is 0.326 e. The molecule has 0 unspecified atom stereocenters. The molecule has 3 rings (SSSR count). The van der Waals surface area contributed by atoms with Crippen molar-refractivity contribution in [3.8, 4) is 0 Å². The zero-order valence-corrected chi connectivity index (χ0v) is 15.2. The highest BCUT2D eigenvalue weighted by molar-refractivity contribution is 5.95. The zero-order valence-electron chi connectivity index (χ0n) is 15.2. The van der Waals surface area contributed by atoms with Gasteiger partial charge in [-0.2, -0.15) is 0 Å². The minimum absolute atomic E-state index is 0.0482. The summed E-state index contributed by atoms with van der Waals surface area (Å²) in [6.45, 7) is 2.19. The summed E-state index contributed by atoms with van der Waals surface area (Å²) in [5.41, 5.74) is 1.21. The summed E-state index contributed by atoms with van der Waals surface area (Å²) in [5.74, 6) is -1.18. The highest BCUT2D eigenvalue weighted by atomic mass is 16.5. The maximum absolute atomic E-state index is 12.8. The van der Waals surface area contributed by atoms with Gasteiger partial charge in [-0.3, -0.25) is 4.79 Å². The van der Waals surface area contributed by atoms with Gasteiger partial charge in [-0.05, 0) is 18.6 Å². The molecule has 1 aliphatic heterocycles. The van der Waals surface area contributed by atoms with Crippen LogP contribution in [-0.4, -0.2) is 57.7 Å². The summed E-state index contributed by atoms with van der Waals surface area (Å²) in [5, 5.41) is 12.6. The van der Waals surface area contributed by atoms with Gasteiger partial charge in [0.15, 0.2) is 0 Å². The number of nitrogens with zero attached hydrogens (tertiary/aromatic N) is 3. The molecule has 0 saturated carbocycles. The lowest BCUT2D eigenvalue weighted by Gasteiger charge is -2.21. The molecular formula is C19H22N4O4. The van der Waals surface area contributed by atoms with Crippen LogP contribution in [0.3, 0.4) is 0 Å². The van der Waals surface area contributed by atoms with Crippen LogP contribution in [0.5, 0.6) is 0 Å². The molecule has 8 heteroatoms. The fourth-order valence-electron chi connectivity index (χ4n) is 3.14. The summed E-state index contributed by atoms with van der Waals surface area (Å²) in [6.07, 6.45) is 1.45. The van der Waals surface area contributed by atoms with Crippen molar-refractivity contribution >= 4 is 17.8 Å². The largest absolute Gasteiger partial charge is 0.480 e. The van der Waals surface area contributed by atoms with E-state index < -0.39 is 17.9 Å². The number of carbonyl (C=O) groups is 2. The molecule has 27 heavy (non-hydrogen) atoms. The first-order valence-electron chi connectivity index (χ1n) is 8.70. The number of methoxy groups -OCH3 is 1. The molecule has 1 fully saturated rings. The number of anilines is 1. The van der Waals surface area contributed by atoms with Gasteiger partial charge in [0.2, 0.25) is 5.95 Å². The van der Waals surface area contributed by atoms with Crippen molar-refractivity contribution in [2.24, 2.45) is 0 Å². The van der Waals surface area contributed by atoms with Crippen molar-refractivity contribution in [2.45, 2.75) is 31.5 Å². The molecule has 1 aromatic carbocycles. The average Bonchev–Trinajstić information content (AvgIpc) is 3.13. The van der Waals surface area contributed by atoms with E-state index in [0.29, 0.717) is 5.95 Å². The van der Waals surface area contributed by atoms with Crippen LogP contribution in [0, 0.1) is 0 Å². The number of likely N-dealkylation sites (tertiary alicyclic amines) is 1. The molecule has 1 aromatic heterocycles. The number of aromatic nitrogens is 2. The Kier molecular flexibility index (Phi) is 5.66. The number of benzene rings is 1. The van der Waals surface area contributed by atoms with Crippen LogP contribution < -0.4 is 5.32 Å². The van der Waals surface area contributed by atoms with E-state index >= 15 is 0 Å². The fourth-order valence-corrected chi connectivity index (χ4v) is 3.14. The van der Waals surface area contributed by atoms with Gasteiger partial charge in [0.1, 0.15) is 11.7 Å². The van der Waals surface area contributed by atoms with E-state index in [2.05, 4.69) is 15.3 Å². The van der Waals surface area contributed by atoms with Crippen molar-refractivity contribution in [3.63, 3.8) is 0 Å². The van der Waals surface area contributed by atoms with E-state index in [1.165, 1.54) is 24.3 Å². The van der Waals surface area contributed by atoms with E-state index in [0.717, 1.165) is 5.56 Å². The summed E-state index contributed by atoms with van der Waals surface area (Å²) < 4.78 is 5.23. The molecule has 0 aliphatic carbocycles. The Hall–Kier alpha value is -3.00. The third kappa shape index (κ3) is 4.22. The van der Waals surface area contributed by atoms with Crippen LogP contribution in [0.25, 0.3) is 0 Å². The Morgan fingerprint density at radius 2 is 2.04 bits per heavy atom. The Balaban J connectivity index is 1.76. The standard InChI is InChI=1S/C19H22N4O4/c1-12(13-6-4-3-5-7-13)21-19-20-9-8-15(22-19)17(24)23-11-14(27-2)10-16(23)18(25)26/h3-9,12,14,16H,10-11H2,1-2H3,(H,25,26)(H,20,21,22)/t12-,14+,16-/m0/s1. The molecule has 1 saturated heterocycles. The Labute approximate surface area is 157 Å². The molecule has 1 aliphatic rings. The van der Waals surface area contributed by atoms with Crippen molar-refractivity contribution in [2.75, 3.05) is 19.0 Å². The van der Waals surface area contributed by atoms with Gasteiger partial charge in [0.25, 0.3) is 5.91 Å². The summed E-state index contributed by atoms with van der Waals surface area (Å²) in [6, 6.07) is 10.3. The average molecular weight is 370 g/mol. The highest BCUT2D eigenvalue weighted by Gasteiger charge is 2.40. The maximum atomic E-state index is 12.8. The first-order chi connectivity index (χ1) is 13.0. The molecule has 1 amide bonds. The maximum Gasteiger partial charge on any atom is 0.326 e. The number of carbonyl (C=O) groups excluding carboxylic acids is 1. The fraction of sp³-hybridized carbons (Fsp3) is 0.368. The summed E-state index contributed by atoms with van der Waals surface area (Å²) in [4.78, 5) is 34.0. The number of hydrogen-bond acceptors (Lipinski definition) is 6. The van der Waals surface area contributed by atoms with Crippen LogP contribution in [0.15, 0.2) is 42.6 Å². The lowest BCUT2D eigenvalue weighted by molar-refractivity contribution is -0.141. The Morgan fingerprint density at radius 1 is 1.30 bits per heavy atom. The van der Waals surface area contributed by atoms with Gasteiger partial charge in [-0.1, -0.05) is 30.3 Å². The van der Waals surface area contributed by atoms with Crippen molar-refractivity contribution in [1.82, 2.24) is 14.9 Å². The normalized spacial score (nSPS) is 20.3. The number of aliphatic carboxylic acids is 1. The van der Waals surface area contributed by atoms with Crippen molar-refractivity contribution in [1.29, 1.82) is 0 Å². The molecular weight excluding hydrogens is 348 g/mol. The number of rotatable bonds is 6. The first kappa shape index (κ1) is 18.8. The van der Waals surface area contributed by atoms with Crippen LogP contribution in [-0.2, 0) is 9.53 Å². The van der Waals surface area contributed by atoms with Gasteiger partial charge in [-0.25, -0.2) is 14.8 Å². The number of nitrogens with one attached hydrogen (secondary N) is 1. The number of ether oxygens (including phenoxy) is 1. The van der Waals surface area contributed by atoms with E-state index in [9.17, 15) is 14.7 Å². The second-order valence-electron chi connectivity index (χ2n) is 6.45. The van der Waals surface area contributed by atoms with E-state index in [1.807, 2.05) is 37.3 Å². The second kappa shape index (κ2) is 8.13. The molecule has 8 nitrogen and oxygen atoms in total. The lowest BCUT2D eigenvalue weighted by atomic mass is 10.1.